The van der Waals surface area contributed by atoms with E-state index in [9.17, 15) is 0 Å². The van der Waals surface area contributed by atoms with Crippen LogP contribution in [0.3, 0.4) is 0 Å². The lowest BCUT2D eigenvalue weighted by molar-refractivity contribution is 0.343. The van der Waals surface area contributed by atoms with Crippen LogP contribution in [0.4, 0.5) is 5.82 Å². The third kappa shape index (κ3) is 3.11. The number of anilines is 1. The van der Waals surface area contributed by atoms with Gasteiger partial charge in [-0.15, -0.1) is 0 Å². The van der Waals surface area contributed by atoms with E-state index in [0.29, 0.717) is 23.4 Å². The Labute approximate surface area is 158 Å². The Morgan fingerprint density at radius 2 is 1.78 bits per heavy atom. The van der Waals surface area contributed by atoms with Crippen LogP contribution in [-0.2, 0) is 0 Å². The van der Waals surface area contributed by atoms with Gasteiger partial charge in [-0.2, -0.15) is 5.10 Å². The van der Waals surface area contributed by atoms with E-state index in [2.05, 4.69) is 37.7 Å². The Morgan fingerprint density at radius 1 is 1.04 bits per heavy atom. The summed E-state index contributed by atoms with van der Waals surface area (Å²) in [5, 5.41) is 12.5. The first-order valence-electron chi connectivity index (χ1n) is 9.93. The number of hydrogen-bond donors (Lipinski definition) is 3. The molecule has 142 valence electrons. The van der Waals surface area contributed by atoms with Gasteiger partial charge in [0.25, 0.3) is 0 Å². The quantitative estimate of drug-likeness (QED) is 0.660. The van der Waals surface area contributed by atoms with Crippen molar-refractivity contribution >= 4 is 16.8 Å². The Balaban J connectivity index is 1.52. The van der Waals surface area contributed by atoms with Crippen LogP contribution < -0.4 is 16.4 Å². The van der Waals surface area contributed by atoms with Crippen molar-refractivity contribution in [1.29, 1.82) is 0 Å². The monoisotopic (exact) mass is 366 g/mol. The summed E-state index contributed by atoms with van der Waals surface area (Å²) >= 11 is 0. The molecule has 0 atom stereocenters. The van der Waals surface area contributed by atoms with Crippen LogP contribution in [0.5, 0.6) is 0 Å². The molecule has 3 aromatic rings. The van der Waals surface area contributed by atoms with Crippen LogP contribution in [-0.4, -0.2) is 40.9 Å². The van der Waals surface area contributed by atoms with Crippen LogP contribution in [0.1, 0.15) is 43.4 Å². The van der Waals surface area contributed by atoms with Gasteiger partial charge in [0.1, 0.15) is 5.76 Å². The second-order valence-electron chi connectivity index (χ2n) is 7.66. The lowest BCUT2D eigenvalue weighted by Gasteiger charge is -2.22. The normalized spacial score (nSPS) is 19.7. The van der Waals surface area contributed by atoms with E-state index < -0.39 is 0 Å². The minimum atomic E-state index is 0.448. The number of nitrogens with zero attached hydrogens (tertiary/aromatic N) is 3. The molecule has 0 bridgehead atoms. The number of piperidine rings is 2. The highest BCUT2D eigenvalue weighted by Crippen LogP contribution is 2.37. The van der Waals surface area contributed by atoms with E-state index in [1.807, 2.05) is 12.4 Å². The van der Waals surface area contributed by atoms with Crippen molar-refractivity contribution in [2.45, 2.75) is 37.6 Å². The van der Waals surface area contributed by atoms with Gasteiger partial charge >= 0.3 is 0 Å². The van der Waals surface area contributed by atoms with E-state index in [0.717, 1.165) is 74.1 Å². The summed E-state index contributed by atoms with van der Waals surface area (Å²) < 4.78 is 8.28. The Bertz CT molecular complexity index is 933. The Morgan fingerprint density at radius 3 is 2.56 bits per heavy atom. The molecule has 2 fully saturated rings. The van der Waals surface area contributed by atoms with Gasteiger partial charge < -0.3 is 20.8 Å². The summed E-state index contributed by atoms with van der Waals surface area (Å²) in [6.07, 6.45) is 10.3. The number of hydrogen-bond acceptors (Lipinski definition) is 6. The fourth-order valence-corrected chi connectivity index (χ4v) is 4.35. The molecule has 5 heterocycles. The van der Waals surface area contributed by atoms with Crippen molar-refractivity contribution in [1.82, 2.24) is 25.4 Å². The van der Waals surface area contributed by atoms with E-state index in [4.69, 9.17) is 10.2 Å². The van der Waals surface area contributed by atoms with Crippen LogP contribution >= 0.6 is 0 Å². The van der Waals surface area contributed by atoms with Crippen molar-refractivity contribution in [2.24, 2.45) is 0 Å². The molecule has 2 aliphatic heterocycles. The van der Waals surface area contributed by atoms with E-state index in [1.165, 1.54) is 0 Å². The number of pyridine rings is 1. The lowest BCUT2D eigenvalue weighted by atomic mass is 9.95. The predicted octanol–water partition coefficient (Wildman–Crippen LogP) is 2.67. The number of nitrogens with two attached hydrogens (primary N) is 1. The first kappa shape index (κ1) is 16.8. The smallest absolute Gasteiger partial charge is 0.176 e. The number of fused-ring (bicyclic) bond motifs is 1. The molecule has 3 aromatic heterocycles. The van der Waals surface area contributed by atoms with Crippen molar-refractivity contribution in [3.63, 3.8) is 0 Å². The van der Waals surface area contributed by atoms with Gasteiger partial charge in [-0.25, -0.2) is 4.98 Å². The number of aromatic nitrogens is 3. The highest BCUT2D eigenvalue weighted by molar-refractivity contribution is 5.98. The van der Waals surface area contributed by atoms with Crippen molar-refractivity contribution in [3.8, 4) is 11.1 Å². The SMILES string of the molecule is Nc1ncc(-c2cnn(C3CCNCC3)c2)c2cc(C3CCNCC3)oc12. The molecule has 7 nitrogen and oxygen atoms in total. The second kappa shape index (κ2) is 6.98. The van der Waals surface area contributed by atoms with Crippen LogP contribution in [0.15, 0.2) is 29.1 Å². The third-order valence-corrected chi connectivity index (χ3v) is 5.94. The maximum absolute atomic E-state index is 6.17. The number of rotatable bonds is 3. The highest BCUT2D eigenvalue weighted by Gasteiger charge is 2.22. The minimum Gasteiger partial charge on any atom is -0.457 e. The average molecular weight is 366 g/mol. The second-order valence-corrected chi connectivity index (χ2v) is 7.66. The summed E-state index contributed by atoms with van der Waals surface area (Å²) in [5.41, 5.74) is 8.95. The zero-order valence-corrected chi connectivity index (χ0v) is 15.4. The standard InChI is InChI=1S/C20H26N6O/c21-20-19-16(9-18(27-19)13-1-5-22-6-2-13)17(11-24-20)14-10-25-26(12-14)15-3-7-23-8-4-15/h9-13,15,22-23H,1-8H2,(H2,21,24). The van der Waals surface area contributed by atoms with Gasteiger partial charge in [0, 0.05) is 34.8 Å². The Kier molecular flexibility index (Phi) is 4.33. The largest absolute Gasteiger partial charge is 0.457 e. The van der Waals surface area contributed by atoms with Crippen molar-refractivity contribution in [3.05, 3.63) is 30.4 Å². The van der Waals surface area contributed by atoms with Crippen LogP contribution in [0.25, 0.3) is 22.1 Å². The molecule has 2 aliphatic rings. The zero-order valence-electron chi connectivity index (χ0n) is 15.4. The van der Waals surface area contributed by atoms with E-state index >= 15 is 0 Å². The molecule has 0 spiro atoms. The molecule has 0 radical (unpaired) electrons. The molecule has 27 heavy (non-hydrogen) atoms. The van der Waals surface area contributed by atoms with Crippen molar-refractivity contribution in [2.75, 3.05) is 31.9 Å². The van der Waals surface area contributed by atoms with Gasteiger partial charge in [-0.1, -0.05) is 0 Å². The maximum Gasteiger partial charge on any atom is 0.176 e. The fraction of sp³-hybridized carbons (Fsp3) is 0.500. The van der Waals surface area contributed by atoms with Crippen LogP contribution in [0.2, 0.25) is 0 Å². The number of nitrogens with one attached hydrogen (secondary N) is 2. The fourth-order valence-electron chi connectivity index (χ4n) is 4.35. The summed E-state index contributed by atoms with van der Waals surface area (Å²) in [6.45, 7) is 4.17. The highest BCUT2D eigenvalue weighted by atomic mass is 16.3. The van der Waals surface area contributed by atoms with Gasteiger partial charge in [-0.05, 0) is 57.9 Å². The summed E-state index contributed by atoms with van der Waals surface area (Å²) in [6, 6.07) is 2.63. The summed E-state index contributed by atoms with van der Waals surface area (Å²) in [7, 11) is 0. The van der Waals surface area contributed by atoms with Crippen molar-refractivity contribution < 1.29 is 4.42 Å². The average Bonchev–Trinajstić information content (AvgIpc) is 3.38. The van der Waals surface area contributed by atoms with E-state index in [-0.39, 0.29) is 0 Å². The molecule has 2 saturated heterocycles. The first-order valence-corrected chi connectivity index (χ1v) is 9.93. The molecular weight excluding hydrogens is 340 g/mol. The van der Waals surface area contributed by atoms with Crippen LogP contribution in [0, 0.1) is 0 Å². The van der Waals surface area contributed by atoms with Gasteiger partial charge in [0.15, 0.2) is 11.4 Å². The minimum absolute atomic E-state index is 0.448. The molecule has 0 aliphatic carbocycles. The summed E-state index contributed by atoms with van der Waals surface area (Å²) in [4.78, 5) is 4.39. The topological polar surface area (TPSA) is 93.9 Å². The van der Waals surface area contributed by atoms with Gasteiger partial charge in [0.05, 0.1) is 12.2 Å². The lowest BCUT2D eigenvalue weighted by Crippen LogP contribution is -2.29. The Hall–Kier alpha value is -2.38. The summed E-state index contributed by atoms with van der Waals surface area (Å²) in [5.74, 6) is 1.93. The third-order valence-electron chi connectivity index (χ3n) is 5.94. The molecule has 0 aromatic carbocycles. The van der Waals surface area contributed by atoms with Gasteiger partial charge in [-0.3, -0.25) is 4.68 Å². The molecule has 0 unspecified atom stereocenters. The molecule has 0 saturated carbocycles. The van der Waals surface area contributed by atoms with E-state index in [1.54, 1.807) is 0 Å². The molecular formula is C20H26N6O. The number of furan rings is 1. The maximum atomic E-state index is 6.17. The molecule has 4 N–H and O–H groups in total. The number of nitrogen functional groups attached to an aromatic ring is 1. The first-order chi connectivity index (χ1) is 13.3. The predicted molar refractivity (Wildman–Crippen MR) is 106 cm³/mol. The molecule has 0 amide bonds. The van der Waals surface area contributed by atoms with Gasteiger partial charge in [0.2, 0.25) is 0 Å². The molecule has 7 heteroatoms. The molecule has 5 rings (SSSR count). The zero-order chi connectivity index (χ0) is 18.2.